The molecule has 3 heteroatoms. The van der Waals surface area contributed by atoms with Crippen molar-refractivity contribution in [2.75, 3.05) is 12.4 Å². The summed E-state index contributed by atoms with van der Waals surface area (Å²) in [5, 5.41) is 3.62. The third-order valence-electron chi connectivity index (χ3n) is 3.86. The predicted molar refractivity (Wildman–Crippen MR) is 80.4 cm³/mol. The van der Waals surface area contributed by atoms with Gasteiger partial charge in [0.2, 0.25) is 0 Å². The molecule has 18 heavy (non-hydrogen) atoms. The standard InChI is InChI=1S/C15H22BrNO/c1-15(2)8-6-11(7-9-15)17-12-4-5-13(16)14(10-12)18-3/h4-5,10-11,17H,6-9H2,1-3H3. The molecule has 2 nitrogen and oxygen atoms in total. The van der Waals surface area contributed by atoms with E-state index in [1.807, 2.05) is 6.07 Å². The molecule has 0 spiro atoms. The maximum Gasteiger partial charge on any atom is 0.135 e. The van der Waals surface area contributed by atoms with Crippen LogP contribution < -0.4 is 10.1 Å². The summed E-state index contributed by atoms with van der Waals surface area (Å²) < 4.78 is 6.32. The lowest BCUT2D eigenvalue weighted by Crippen LogP contribution is -2.29. The highest BCUT2D eigenvalue weighted by Gasteiger charge is 2.26. The third-order valence-corrected chi connectivity index (χ3v) is 4.52. The van der Waals surface area contributed by atoms with Crippen molar-refractivity contribution in [1.29, 1.82) is 0 Å². The number of nitrogens with one attached hydrogen (secondary N) is 1. The van der Waals surface area contributed by atoms with Crippen LogP contribution in [0.15, 0.2) is 22.7 Å². The smallest absolute Gasteiger partial charge is 0.135 e. The van der Waals surface area contributed by atoms with Crippen LogP contribution in [0.25, 0.3) is 0 Å². The minimum Gasteiger partial charge on any atom is -0.495 e. The first-order valence-electron chi connectivity index (χ1n) is 6.60. The molecule has 0 heterocycles. The van der Waals surface area contributed by atoms with E-state index < -0.39 is 0 Å². The fourth-order valence-corrected chi connectivity index (χ4v) is 2.94. The summed E-state index contributed by atoms with van der Waals surface area (Å²) in [6.07, 6.45) is 5.12. The molecule has 1 aromatic carbocycles. The van der Waals surface area contributed by atoms with Gasteiger partial charge in [-0.05, 0) is 59.2 Å². The Morgan fingerprint density at radius 2 is 1.94 bits per heavy atom. The molecule has 1 fully saturated rings. The summed E-state index contributed by atoms with van der Waals surface area (Å²) in [7, 11) is 1.70. The normalized spacial score (nSPS) is 19.6. The van der Waals surface area contributed by atoms with Crippen molar-refractivity contribution in [3.05, 3.63) is 22.7 Å². The second-order valence-electron chi connectivity index (χ2n) is 5.93. The highest BCUT2D eigenvalue weighted by atomic mass is 79.9. The summed E-state index contributed by atoms with van der Waals surface area (Å²) in [4.78, 5) is 0. The minimum atomic E-state index is 0.523. The summed E-state index contributed by atoms with van der Waals surface area (Å²) in [5.41, 5.74) is 1.68. The van der Waals surface area contributed by atoms with E-state index in [4.69, 9.17) is 4.74 Å². The summed E-state index contributed by atoms with van der Waals surface area (Å²) in [6, 6.07) is 6.80. The van der Waals surface area contributed by atoms with Gasteiger partial charge in [-0.3, -0.25) is 0 Å². The SMILES string of the molecule is COc1cc(NC2CCC(C)(C)CC2)ccc1Br. The Morgan fingerprint density at radius 1 is 1.28 bits per heavy atom. The van der Waals surface area contributed by atoms with Crippen LogP contribution >= 0.6 is 15.9 Å². The van der Waals surface area contributed by atoms with Crippen molar-refractivity contribution in [2.24, 2.45) is 5.41 Å². The van der Waals surface area contributed by atoms with Crippen LogP contribution in [0.2, 0.25) is 0 Å². The van der Waals surface area contributed by atoms with Crippen molar-refractivity contribution in [3.8, 4) is 5.75 Å². The Balaban J connectivity index is 1.98. The molecule has 1 aliphatic rings. The Hall–Kier alpha value is -0.700. The number of hydrogen-bond acceptors (Lipinski definition) is 2. The summed E-state index contributed by atoms with van der Waals surface area (Å²) in [6.45, 7) is 4.73. The average Bonchev–Trinajstić information content (AvgIpc) is 2.34. The lowest BCUT2D eigenvalue weighted by molar-refractivity contribution is 0.232. The monoisotopic (exact) mass is 311 g/mol. The van der Waals surface area contributed by atoms with E-state index in [0.717, 1.165) is 15.9 Å². The number of anilines is 1. The number of hydrogen-bond donors (Lipinski definition) is 1. The van der Waals surface area contributed by atoms with E-state index in [0.29, 0.717) is 11.5 Å². The third kappa shape index (κ3) is 3.41. The van der Waals surface area contributed by atoms with E-state index in [9.17, 15) is 0 Å². The van der Waals surface area contributed by atoms with Crippen molar-refractivity contribution in [3.63, 3.8) is 0 Å². The van der Waals surface area contributed by atoms with Gasteiger partial charge < -0.3 is 10.1 Å². The Kier molecular flexibility index (Phi) is 4.21. The van der Waals surface area contributed by atoms with Gasteiger partial charge in [0.25, 0.3) is 0 Å². The number of methoxy groups -OCH3 is 1. The zero-order chi connectivity index (χ0) is 13.2. The van der Waals surface area contributed by atoms with E-state index in [1.165, 1.54) is 25.7 Å². The van der Waals surface area contributed by atoms with Gasteiger partial charge in [-0.25, -0.2) is 0 Å². The summed E-state index contributed by atoms with van der Waals surface area (Å²) >= 11 is 3.48. The highest BCUT2D eigenvalue weighted by molar-refractivity contribution is 9.10. The molecule has 100 valence electrons. The van der Waals surface area contributed by atoms with E-state index in [-0.39, 0.29) is 0 Å². The largest absolute Gasteiger partial charge is 0.495 e. The molecule has 1 N–H and O–H groups in total. The Bertz CT molecular complexity index is 407. The lowest BCUT2D eigenvalue weighted by Gasteiger charge is -2.35. The predicted octanol–water partition coefficient (Wildman–Crippen LogP) is 4.84. The van der Waals surface area contributed by atoms with Crippen LogP contribution in [0.3, 0.4) is 0 Å². The second-order valence-corrected chi connectivity index (χ2v) is 6.79. The van der Waals surface area contributed by atoms with Crippen molar-refractivity contribution in [1.82, 2.24) is 0 Å². The molecule has 0 saturated heterocycles. The molecular weight excluding hydrogens is 290 g/mol. The fraction of sp³-hybridized carbons (Fsp3) is 0.600. The van der Waals surface area contributed by atoms with Crippen molar-refractivity contribution >= 4 is 21.6 Å². The van der Waals surface area contributed by atoms with Gasteiger partial charge in [0.05, 0.1) is 11.6 Å². The summed E-state index contributed by atoms with van der Waals surface area (Å²) in [5.74, 6) is 0.885. The Morgan fingerprint density at radius 3 is 2.56 bits per heavy atom. The number of ether oxygens (including phenoxy) is 1. The van der Waals surface area contributed by atoms with Gasteiger partial charge in [-0.2, -0.15) is 0 Å². The molecule has 0 bridgehead atoms. The number of halogens is 1. The van der Waals surface area contributed by atoms with Gasteiger partial charge in [-0.15, -0.1) is 0 Å². The number of rotatable bonds is 3. The maximum absolute atomic E-state index is 5.32. The van der Waals surface area contributed by atoms with Crippen molar-refractivity contribution < 1.29 is 4.74 Å². The number of benzene rings is 1. The molecule has 0 aliphatic heterocycles. The molecule has 1 aliphatic carbocycles. The molecule has 1 aromatic rings. The molecule has 0 unspecified atom stereocenters. The molecule has 2 rings (SSSR count). The van der Waals surface area contributed by atoms with Gasteiger partial charge >= 0.3 is 0 Å². The average molecular weight is 312 g/mol. The minimum absolute atomic E-state index is 0.523. The molecule has 0 radical (unpaired) electrons. The van der Waals surface area contributed by atoms with Crippen molar-refractivity contribution in [2.45, 2.75) is 45.6 Å². The van der Waals surface area contributed by atoms with Crippen LogP contribution in [0.1, 0.15) is 39.5 Å². The Labute approximate surface area is 118 Å². The van der Waals surface area contributed by atoms with Crippen LogP contribution in [0.4, 0.5) is 5.69 Å². The first-order valence-corrected chi connectivity index (χ1v) is 7.39. The van der Waals surface area contributed by atoms with E-state index >= 15 is 0 Å². The molecule has 0 amide bonds. The van der Waals surface area contributed by atoms with Crippen LogP contribution in [-0.2, 0) is 0 Å². The second kappa shape index (κ2) is 5.52. The van der Waals surface area contributed by atoms with Crippen LogP contribution in [-0.4, -0.2) is 13.2 Å². The zero-order valence-corrected chi connectivity index (χ0v) is 13.0. The molecule has 1 saturated carbocycles. The van der Waals surface area contributed by atoms with Gasteiger partial charge in [0, 0.05) is 17.8 Å². The first kappa shape index (κ1) is 13.7. The molecule has 0 aromatic heterocycles. The van der Waals surface area contributed by atoms with Gasteiger partial charge in [0.1, 0.15) is 5.75 Å². The van der Waals surface area contributed by atoms with Crippen LogP contribution in [0.5, 0.6) is 5.75 Å². The fourth-order valence-electron chi connectivity index (χ4n) is 2.53. The molecular formula is C15H22BrNO. The van der Waals surface area contributed by atoms with Crippen LogP contribution in [0, 0.1) is 5.41 Å². The van der Waals surface area contributed by atoms with Gasteiger partial charge in [-0.1, -0.05) is 13.8 Å². The maximum atomic E-state index is 5.32. The van der Waals surface area contributed by atoms with E-state index in [1.54, 1.807) is 7.11 Å². The topological polar surface area (TPSA) is 21.3 Å². The highest BCUT2D eigenvalue weighted by Crippen LogP contribution is 2.36. The first-order chi connectivity index (χ1) is 8.50. The molecule has 0 atom stereocenters. The lowest BCUT2D eigenvalue weighted by atomic mass is 9.75. The van der Waals surface area contributed by atoms with Gasteiger partial charge in [0.15, 0.2) is 0 Å². The van der Waals surface area contributed by atoms with E-state index in [2.05, 4.69) is 47.2 Å². The zero-order valence-electron chi connectivity index (χ0n) is 11.4. The quantitative estimate of drug-likeness (QED) is 0.862.